The van der Waals surface area contributed by atoms with Crippen LogP contribution >= 0.6 is 0 Å². The summed E-state index contributed by atoms with van der Waals surface area (Å²) in [5.74, 6) is 0.0314. The van der Waals surface area contributed by atoms with Crippen LogP contribution in [0, 0.1) is 0 Å². The van der Waals surface area contributed by atoms with E-state index in [1.807, 2.05) is 0 Å². The fourth-order valence-electron chi connectivity index (χ4n) is 1.64. The van der Waals surface area contributed by atoms with Crippen LogP contribution in [0.3, 0.4) is 0 Å². The normalized spacial score (nSPS) is 13.4. The molecule has 0 saturated carbocycles. The highest BCUT2D eigenvalue weighted by Crippen LogP contribution is 2.31. The molecule has 0 aliphatic rings. The Morgan fingerprint density at radius 3 is 2.22 bits per heavy atom. The van der Waals surface area contributed by atoms with Gasteiger partial charge < -0.3 is 9.53 Å². The Bertz CT molecular complexity index is 396. The molecule has 0 spiro atoms. The molecule has 1 atom stereocenters. The van der Waals surface area contributed by atoms with Crippen molar-refractivity contribution in [3.05, 3.63) is 35.4 Å². The van der Waals surface area contributed by atoms with Crippen molar-refractivity contribution in [1.82, 2.24) is 0 Å². The molecule has 0 saturated heterocycles. The number of alkyl halides is 3. The van der Waals surface area contributed by atoms with Crippen LogP contribution in [0.5, 0.6) is 0 Å². The molecule has 0 aliphatic carbocycles. The lowest BCUT2D eigenvalue weighted by Crippen LogP contribution is -2.07. The van der Waals surface area contributed by atoms with E-state index in [0.29, 0.717) is 18.4 Å². The molecule has 5 heteroatoms. The SMILES string of the molecule is COC(CCC(C)=O)c1ccc(C(F)(F)F)cc1. The van der Waals surface area contributed by atoms with Crippen molar-refractivity contribution in [3.63, 3.8) is 0 Å². The van der Waals surface area contributed by atoms with E-state index in [2.05, 4.69) is 0 Å². The number of hydrogen-bond donors (Lipinski definition) is 0. The second-order valence-corrected chi connectivity index (χ2v) is 4.08. The van der Waals surface area contributed by atoms with E-state index in [1.54, 1.807) is 0 Å². The van der Waals surface area contributed by atoms with Gasteiger partial charge in [-0.2, -0.15) is 13.2 Å². The summed E-state index contributed by atoms with van der Waals surface area (Å²) < 4.78 is 42.3. The van der Waals surface area contributed by atoms with Gasteiger partial charge in [0.05, 0.1) is 11.7 Å². The van der Waals surface area contributed by atoms with Gasteiger partial charge in [0.1, 0.15) is 5.78 Å². The molecule has 0 radical (unpaired) electrons. The molecule has 1 rings (SSSR count). The first-order valence-corrected chi connectivity index (χ1v) is 5.54. The number of ether oxygens (including phenoxy) is 1. The molecule has 0 aromatic heterocycles. The van der Waals surface area contributed by atoms with Crippen LogP contribution in [-0.2, 0) is 15.7 Å². The second kappa shape index (κ2) is 6.00. The Balaban J connectivity index is 2.79. The maximum absolute atomic E-state index is 12.4. The number of halogens is 3. The lowest BCUT2D eigenvalue weighted by molar-refractivity contribution is -0.137. The lowest BCUT2D eigenvalue weighted by Gasteiger charge is -2.16. The summed E-state index contributed by atoms with van der Waals surface area (Å²) in [5, 5.41) is 0. The van der Waals surface area contributed by atoms with Gasteiger partial charge in [0.15, 0.2) is 0 Å². The zero-order chi connectivity index (χ0) is 13.8. The van der Waals surface area contributed by atoms with Crippen LogP contribution in [0.4, 0.5) is 13.2 Å². The number of benzene rings is 1. The van der Waals surface area contributed by atoms with Crippen LogP contribution in [0.2, 0.25) is 0 Å². The largest absolute Gasteiger partial charge is 0.416 e. The average molecular weight is 260 g/mol. The fraction of sp³-hybridized carbons (Fsp3) is 0.462. The Morgan fingerprint density at radius 1 is 1.28 bits per heavy atom. The van der Waals surface area contributed by atoms with Gasteiger partial charge in [-0.25, -0.2) is 0 Å². The topological polar surface area (TPSA) is 26.3 Å². The summed E-state index contributed by atoms with van der Waals surface area (Å²) in [6.45, 7) is 1.47. The maximum atomic E-state index is 12.4. The number of ketones is 1. The third kappa shape index (κ3) is 4.14. The van der Waals surface area contributed by atoms with E-state index in [4.69, 9.17) is 4.74 Å². The minimum atomic E-state index is -4.33. The molecule has 0 bridgehead atoms. The molecule has 0 aliphatic heterocycles. The standard InChI is InChI=1S/C13H15F3O2/c1-9(17)3-8-12(18-2)10-4-6-11(7-5-10)13(14,15)16/h4-7,12H,3,8H2,1-2H3. The van der Waals surface area contributed by atoms with Crippen molar-refractivity contribution < 1.29 is 22.7 Å². The van der Waals surface area contributed by atoms with Crippen molar-refractivity contribution >= 4 is 5.78 Å². The predicted molar refractivity (Wildman–Crippen MR) is 61.1 cm³/mol. The third-order valence-corrected chi connectivity index (χ3v) is 2.65. The summed E-state index contributed by atoms with van der Waals surface area (Å²) in [6.07, 6.45) is -3.87. The zero-order valence-electron chi connectivity index (χ0n) is 10.3. The third-order valence-electron chi connectivity index (χ3n) is 2.65. The van der Waals surface area contributed by atoms with Crippen LogP contribution in [0.25, 0.3) is 0 Å². The van der Waals surface area contributed by atoms with E-state index >= 15 is 0 Å². The lowest BCUT2D eigenvalue weighted by atomic mass is 10.0. The highest BCUT2D eigenvalue weighted by molar-refractivity contribution is 5.75. The Morgan fingerprint density at radius 2 is 1.83 bits per heavy atom. The van der Waals surface area contributed by atoms with Gasteiger partial charge in [-0.3, -0.25) is 0 Å². The van der Waals surface area contributed by atoms with Gasteiger partial charge in [0.2, 0.25) is 0 Å². The van der Waals surface area contributed by atoms with Gasteiger partial charge in [0.25, 0.3) is 0 Å². The fourth-order valence-corrected chi connectivity index (χ4v) is 1.64. The first-order valence-electron chi connectivity index (χ1n) is 5.54. The Hall–Kier alpha value is -1.36. The van der Waals surface area contributed by atoms with E-state index in [1.165, 1.54) is 26.2 Å². The number of Topliss-reactive ketones (excluding diaryl/α,β-unsaturated/α-hetero) is 1. The minimum absolute atomic E-state index is 0.0314. The summed E-state index contributed by atoms with van der Waals surface area (Å²) in [4.78, 5) is 10.9. The van der Waals surface area contributed by atoms with Crippen LogP contribution in [0.15, 0.2) is 24.3 Å². The van der Waals surface area contributed by atoms with Gasteiger partial charge in [0, 0.05) is 13.5 Å². The van der Waals surface area contributed by atoms with Crippen LogP contribution in [-0.4, -0.2) is 12.9 Å². The van der Waals surface area contributed by atoms with Crippen LogP contribution < -0.4 is 0 Å². The molecule has 0 amide bonds. The first-order chi connectivity index (χ1) is 8.34. The Kier molecular flexibility index (Phi) is 4.90. The molecule has 18 heavy (non-hydrogen) atoms. The van der Waals surface area contributed by atoms with Gasteiger partial charge in [-0.15, -0.1) is 0 Å². The van der Waals surface area contributed by atoms with Crippen molar-refractivity contribution in [2.45, 2.75) is 32.0 Å². The highest BCUT2D eigenvalue weighted by atomic mass is 19.4. The summed E-state index contributed by atoms with van der Waals surface area (Å²) in [7, 11) is 1.47. The number of hydrogen-bond acceptors (Lipinski definition) is 2. The monoisotopic (exact) mass is 260 g/mol. The number of rotatable bonds is 5. The van der Waals surface area contributed by atoms with Gasteiger partial charge >= 0.3 is 6.18 Å². The van der Waals surface area contributed by atoms with Crippen molar-refractivity contribution in [1.29, 1.82) is 0 Å². The zero-order valence-corrected chi connectivity index (χ0v) is 10.3. The Labute approximate surface area is 104 Å². The molecule has 0 heterocycles. The van der Waals surface area contributed by atoms with E-state index in [0.717, 1.165) is 12.1 Å². The average Bonchev–Trinajstić information content (AvgIpc) is 2.29. The van der Waals surface area contributed by atoms with E-state index in [9.17, 15) is 18.0 Å². The minimum Gasteiger partial charge on any atom is -0.377 e. The molecule has 2 nitrogen and oxygen atoms in total. The molecule has 1 unspecified atom stereocenters. The smallest absolute Gasteiger partial charge is 0.377 e. The second-order valence-electron chi connectivity index (χ2n) is 4.08. The molecule has 1 aromatic rings. The number of carbonyl (C=O) groups excluding carboxylic acids is 1. The van der Waals surface area contributed by atoms with Crippen molar-refractivity contribution in [2.24, 2.45) is 0 Å². The van der Waals surface area contributed by atoms with E-state index in [-0.39, 0.29) is 11.9 Å². The van der Waals surface area contributed by atoms with Gasteiger partial charge in [-0.05, 0) is 31.0 Å². The first kappa shape index (κ1) is 14.7. The molecule has 0 fully saturated rings. The quantitative estimate of drug-likeness (QED) is 0.805. The molecule has 1 aromatic carbocycles. The highest BCUT2D eigenvalue weighted by Gasteiger charge is 2.30. The van der Waals surface area contributed by atoms with Gasteiger partial charge in [-0.1, -0.05) is 12.1 Å². The predicted octanol–water partition coefficient (Wildman–Crippen LogP) is 3.76. The van der Waals surface area contributed by atoms with Crippen LogP contribution in [0.1, 0.15) is 37.0 Å². The molecule has 100 valence electrons. The van der Waals surface area contributed by atoms with Crippen molar-refractivity contribution in [3.8, 4) is 0 Å². The number of carbonyl (C=O) groups is 1. The maximum Gasteiger partial charge on any atom is 0.416 e. The van der Waals surface area contributed by atoms with Crippen molar-refractivity contribution in [2.75, 3.05) is 7.11 Å². The molecular weight excluding hydrogens is 245 g/mol. The van der Waals surface area contributed by atoms with E-state index < -0.39 is 11.7 Å². The summed E-state index contributed by atoms with van der Waals surface area (Å²) in [6, 6.07) is 4.82. The number of methoxy groups -OCH3 is 1. The summed E-state index contributed by atoms with van der Waals surface area (Å²) >= 11 is 0. The molecular formula is C13H15F3O2. The summed E-state index contributed by atoms with van der Waals surface area (Å²) in [5.41, 5.74) is -0.0422. The molecule has 0 N–H and O–H groups in total.